The van der Waals surface area contributed by atoms with Crippen LogP contribution in [-0.2, 0) is 6.42 Å². The van der Waals surface area contributed by atoms with Gasteiger partial charge in [0.25, 0.3) is 0 Å². The van der Waals surface area contributed by atoms with Gasteiger partial charge >= 0.3 is 0 Å². The Balaban J connectivity index is 2.36. The molecule has 3 rings (SSSR count). The molecular weight excluding hydrogens is 188 g/mol. The highest BCUT2D eigenvalue weighted by Gasteiger charge is 2.20. The van der Waals surface area contributed by atoms with Crippen LogP contribution in [0.1, 0.15) is 23.6 Å². The third kappa shape index (κ3) is 1.16. The number of aromatic nitrogens is 1. The number of nitrogens with two attached hydrogens (primary N) is 1. The number of hydrogen-bond acceptors (Lipinski definition) is 2. The van der Waals surface area contributed by atoms with Gasteiger partial charge in [-0.15, -0.1) is 0 Å². The molecule has 0 saturated heterocycles. The fourth-order valence-electron chi connectivity index (χ4n) is 2.42. The van der Waals surface area contributed by atoms with Crippen molar-refractivity contribution in [3.05, 3.63) is 29.5 Å². The highest BCUT2D eigenvalue weighted by atomic mass is 16.5. The predicted molar refractivity (Wildman–Crippen MR) is 60.1 cm³/mol. The van der Waals surface area contributed by atoms with Crippen molar-refractivity contribution in [3.63, 3.8) is 0 Å². The van der Waals surface area contributed by atoms with Crippen LogP contribution in [0.5, 0.6) is 5.75 Å². The van der Waals surface area contributed by atoms with Gasteiger partial charge in [0.15, 0.2) is 0 Å². The molecular formula is C12H14N2O. The van der Waals surface area contributed by atoms with Crippen molar-refractivity contribution >= 4 is 10.9 Å². The summed E-state index contributed by atoms with van der Waals surface area (Å²) in [5, 5.41) is 1.30. The summed E-state index contributed by atoms with van der Waals surface area (Å²) in [5.41, 5.74) is 9.85. The number of nitrogens with one attached hydrogen (secondary N) is 1. The fourth-order valence-corrected chi connectivity index (χ4v) is 2.42. The van der Waals surface area contributed by atoms with Crippen LogP contribution in [-0.4, -0.2) is 12.1 Å². The van der Waals surface area contributed by atoms with Gasteiger partial charge in [0, 0.05) is 29.2 Å². The first-order valence-electron chi connectivity index (χ1n) is 5.23. The van der Waals surface area contributed by atoms with E-state index in [1.165, 1.54) is 16.5 Å². The lowest BCUT2D eigenvalue weighted by molar-refractivity contribution is 0.414. The van der Waals surface area contributed by atoms with Gasteiger partial charge in [0.05, 0.1) is 7.11 Å². The van der Waals surface area contributed by atoms with E-state index in [-0.39, 0.29) is 6.04 Å². The number of hydrogen-bond donors (Lipinski definition) is 2. The van der Waals surface area contributed by atoms with Gasteiger partial charge in [-0.1, -0.05) is 0 Å². The van der Waals surface area contributed by atoms with Gasteiger partial charge < -0.3 is 15.5 Å². The Hall–Kier alpha value is -1.48. The molecule has 3 N–H and O–H groups in total. The molecule has 1 aromatic carbocycles. The summed E-state index contributed by atoms with van der Waals surface area (Å²) >= 11 is 0. The average molecular weight is 202 g/mol. The van der Waals surface area contributed by atoms with Crippen LogP contribution in [0.4, 0.5) is 0 Å². The first-order valence-corrected chi connectivity index (χ1v) is 5.23. The molecule has 3 nitrogen and oxygen atoms in total. The van der Waals surface area contributed by atoms with E-state index in [0.717, 1.165) is 24.1 Å². The third-order valence-electron chi connectivity index (χ3n) is 3.23. The van der Waals surface area contributed by atoms with Crippen molar-refractivity contribution in [1.82, 2.24) is 4.98 Å². The number of ether oxygens (including phenoxy) is 1. The molecule has 0 bridgehead atoms. The zero-order chi connectivity index (χ0) is 10.4. The van der Waals surface area contributed by atoms with E-state index < -0.39 is 0 Å². The van der Waals surface area contributed by atoms with Crippen molar-refractivity contribution < 1.29 is 4.74 Å². The van der Waals surface area contributed by atoms with Crippen LogP contribution in [0.2, 0.25) is 0 Å². The predicted octanol–water partition coefficient (Wildman–Crippen LogP) is 2.12. The van der Waals surface area contributed by atoms with Crippen molar-refractivity contribution in [2.24, 2.45) is 5.73 Å². The molecule has 1 atom stereocenters. The molecule has 0 spiro atoms. The van der Waals surface area contributed by atoms with E-state index in [9.17, 15) is 0 Å². The van der Waals surface area contributed by atoms with E-state index >= 15 is 0 Å². The van der Waals surface area contributed by atoms with E-state index in [4.69, 9.17) is 10.5 Å². The zero-order valence-corrected chi connectivity index (χ0v) is 8.71. The van der Waals surface area contributed by atoms with Gasteiger partial charge in [0.1, 0.15) is 5.75 Å². The van der Waals surface area contributed by atoms with Crippen molar-refractivity contribution in [1.29, 1.82) is 0 Å². The van der Waals surface area contributed by atoms with E-state index in [0.29, 0.717) is 0 Å². The van der Waals surface area contributed by atoms with Crippen molar-refractivity contribution in [2.75, 3.05) is 7.11 Å². The van der Waals surface area contributed by atoms with Crippen LogP contribution < -0.4 is 10.5 Å². The standard InChI is InChI=1S/C12H14N2O/c1-15-8-4-9-10(13)3-2-7-6-14-11(5-8)12(7)9/h4-6,10,14H,2-3,13H2,1H3. The Morgan fingerprint density at radius 3 is 3.13 bits per heavy atom. The Morgan fingerprint density at radius 1 is 1.47 bits per heavy atom. The second-order valence-electron chi connectivity index (χ2n) is 4.10. The quantitative estimate of drug-likeness (QED) is 0.744. The lowest BCUT2D eigenvalue weighted by atomic mass is 9.89. The number of benzene rings is 1. The molecule has 3 heteroatoms. The summed E-state index contributed by atoms with van der Waals surface area (Å²) in [6.45, 7) is 0. The Bertz CT molecular complexity index is 516. The second-order valence-corrected chi connectivity index (χ2v) is 4.10. The van der Waals surface area contributed by atoms with Gasteiger partial charge in [-0.3, -0.25) is 0 Å². The highest BCUT2D eigenvalue weighted by Crippen LogP contribution is 2.36. The molecule has 1 unspecified atom stereocenters. The Morgan fingerprint density at radius 2 is 2.33 bits per heavy atom. The SMILES string of the molecule is COc1cc2c3c(c[nH]c3c1)CCC2N. The summed E-state index contributed by atoms with van der Waals surface area (Å²) < 4.78 is 5.27. The molecule has 0 aliphatic heterocycles. The average Bonchev–Trinajstić information content (AvgIpc) is 2.67. The first-order chi connectivity index (χ1) is 7.29. The maximum absolute atomic E-state index is 6.12. The van der Waals surface area contributed by atoms with Crippen LogP contribution in [0.25, 0.3) is 10.9 Å². The van der Waals surface area contributed by atoms with Gasteiger partial charge in [-0.05, 0) is 30.0 Å². The summed E-state index contributed by atoms with van der Waals surface area (Å²) in [4.78, 5) is 3.28. The van der Waals surface area contributed by atoms with E-state index in [2.05, 4.69) is 17.2 Å². The Kier molecular flexibility index (Phi) is 1.76. The molecule has 1 heterocycles. The van der Waals surface area contributed by atoms with Crippen LogP contribution in [0.3, 0.4) is 0 Å². The first kappa shape index (κ1) is 8.80. The van der Waals surface area contributed by atoms with Crippen LogP contribution in [0.15, 0.2) is 18.3 Å². The highest BCUT2D eigenvalue weighted by molar-refractivity contribution is 5.89. The van der Waals surface area contributed by atoms with Gasteiger partial charge in [0.2, 0.25) is 0 Å². The maximum Gasteiger partial charge on any atom is 0.121 e. The van der Waals surface area contributed by atoms with E-state index in [1.807, 2.05) is 6.07 Å². The monoisotopic (exact) mass is 202 g/mol. The minimum atomic E-state index is 0.144. The van der Waals surface area contributed by atoms with Gasteiger partial charge in [-0.25, -0.2) is 0 Å². The smallest absolute Gasteiger partial charge is 0.121 e. The molecule has 0 amide bonds. The van der Waals surface area contributed by atoms with Crippen LogP contribution in [0, 0.1) is 0 Å². The fraction of sp³-hybridized carbons (Fsp3) is 0.333. The summed E-state index contributed by atoms with van der Waals surface area (Å²) in [5.74, 6) is 0.878. The minimum absolute atomic E-state index is 0.144. The molecule has 0 radical (unpaired) electrons. The maximum atomic E-state index is 6.12. The van der Waals surface area contributed by atoms with Crippen molar-refractivity contribution in [3.8, 4) is 5.75 Å². The van der Waals surface area contributed by atoms with Gasteiger partial charge in [-0.2, -0.15) is 0 Å². The minimum Gasteiger partial charge on any atom is -0.497 e. The molecule has 2 aromatic rings. The van der Waals surface area contributed by atoms with Crippen LogP contribution >= 0.6 is 0 Å². The lowest BCUT2D eigenvalue weighted by Crippen LogP contribution is -2.15. The number of aryl methyl sites for hydroxylation is 1. The molecule has 1 aliphatic rings. The topological polar surface area (TPSA) is 51.0 Å². The summed E-state index contributed by atoms with van der Waals surface area (Å²) in [6.07, 6.45) is 4.17. The normalized spacial score (nSPS) is 19.5. The van der Waals surface area contributed by atoms with Crippen molar-refractivity contribution in [2.45, 2.75) is 18.9 Å². The molecule has 0 saturated carbocycles. The van der Waals surface area contributed by atoms with E-state index in [1.54, 1.807) is 7.11 Å². The second kappa shape index (κ2) is 3.00. The number of methoxy groups -OCH3 is 1. The summed E-state index contributed by atoms with van der Waals surface area (Å²) in [6, 6.07) is 4.23. The third-order valence-corrected chi connectivity index (χ3v) is 3.23. The molecule has 0 fully saturated rings. The largest absolute Gasteiger partial charge is 0.497 e. The zero-order valence-electron chi connectivity index (χ0n) is 8.71. The molecule has 1 aromatic heterocycles. The molecule has 78 valence electrons. The molecule has 1 aliphatic carbocycles. The molecule has 15 heavy (non-hydrogen) atoms. The number of rotatable bonds is 1. The summed E-state index contributed by atoms with van der Waals surface area (Å²) in [7, 11) is 1.69. The number of aromatic amines is 1. The lowest BCUT2D eigenvalue weighted by Gasteiger charge is -2.20. The number of H-pyrrole nitrogens is 1. The Labute approximate surface area is 88.2 Å².